The highest BCUT2D eigenvalue weighted by Gasteiger charge is 2.11. The molecule has 0 saturated heterocycles. The van der Waals surface area contributed by atoms with E-state index < -0.39 is 5.82 Å². The highest BCUT2D eigenvalue weighted by atomic mass is 19.1. The second-order valence-electron chi connectivity index (χ2n) is 4.85. The van der Waals surface area contributed by atoms with Gasteiger partial charge in [0.05, 0.1) is 5.56 Å². The van der Waals surface area contributed by atoms with Crippen LogP contribution in [0.1, 0.15) is 22.3 Å². The average molecular weight is 287 g/mol. The van der Waals surface area contributed by atoms with Gasteiger partial charge >= 0.3 is 0 Å². The molecule has 0 spiro atoms. The van der Waals surface area contributed by atoms with Crippen LogP contribution in [0.4, 0.5) is 4.39 Å². The van der Waals surface area contributed by atoms with Gasteiger partial charge in [0.2, 0.25) is 0 Å². The molecule has 0 aliphatic carbocycles. The maximum Gasteiger partial charge on any atom is 0.173 e. The molecule has 0 bridgehead atoms. The molecule has 0 radical (unpaired) electrons. The van der Waals surface area contributed by atoms with Gasteiger partial charge in [-0.3, -0.25) is 0 Å². The van der Waals surface area contributed by atoms with Crippen molar-refractivity contribution in [1.29, 1.82) is 0 Å². The summed E-state index contributed by atoms with van der Waals surface area (Å²) in [6.45, 7) is 3.05. The third-order valence-electron chi connectivity index (χ3n) is 3.23. The lowest BCUT2D eigenvalue weighted by atomic mass is 10.1. The van der Waals surface area contributed by atoms with Gasteiger partial charge in [0.25, 0.3) is 0 Å². The molecule has 5 heteroatoms. The second-order valence-corrected chi connectivity index (χ2v) is 4.85. The van der Waals surface area contributed by atoms with Crippen molar-refractivity contribution >= 4 is 5.84 Å². The Kier molecular flexibility index (Phi) is 4.90. The predicted molar refractivity (Wildman–Crippen MR) is 80.6 cm³/mol. The van der Waals surface area contributed by atoms with E-state index in [4.69, 9.17) is 10.9 Å². The van der Waals surface area contributed by atoms with Crippen LogP contribution in [-0.2, 0) is 13.1 Å². The zero-order chi connectivity index (χ0) is 15.2. The molecule has 0 aromatic heterocycles. The maximum absolute atomic E-state index is 14.2. The first-order valence-corrected chi connectivity index (χ1v) is 6.63. The highest BCUT2D eigenvalue weighted by Crippen LogP contribution is 2.13. The number of hydrogen-bond donors (Lipinski definition) is 3. The van der Waals surface area contributed by atoms with E-state index in [-0.39, 0.29) is 11.4 Å². The van der Waals surface area contributed by atoms with Crippen LogP contribution in [0.5, 0.6) is 0 Å². The minimum atomic E-state index is -0.468. The smallest absolute Gasteiger partial charge is 0.173 e. The summed E-state index contributed by atoms with van der Waals surface area (Å²) in [5, 5.41) is 14.6. The van der Waals surface area contributed by atoms with Crippen LogP contribution in [0.25, 0.3) is 0 Å². The van der Waals surface area contributed by atoms with Crippen LogP contribution in [0.3, 0.4) is 0 Å². The Labute approximate surface area is 123 Å². The van der Waals surface area contributed by atoms with Crippen molar-refractivity contribution in [1.82, 2.24) is 5.32 Å². The summed E-state index contributed by atoms with van der Waals surface area (Å²) in [5.41, 5.74) is 8.36. The van der Waals surface area contributed by atoms with Gasteiger partial charge in [0.1, 0.15) is 5.82 Å². The van der Waals surface area contributed by atoms with Gasteiger partial charge in [0, 0.05) is 18.7 Å². The molecule has 2 aromatic rings. The molecule has 0 saturated carbocycles. The van der Waals surface area contributed by atoms with Gasteiger partial charge in [-0.05, 0) is 18.6 Å². The lowest BCUT2D eigenvalue weighted by molar-refractivity contribution is 0.318. The summed E-state index contributed by atoms with van der Waals surface area (Å²) in [5.74, 6) is -0.697. The Morgan fingerprint density at radius 1 is 1.19 bits per heavy atom. The lowest BCUT2D eigenvalue weighted by Gasteiger charge is -2.09. The van der Waals surface area contributed by atoms with Crippen molar-refractivity contribution in [2.75, 3.05) is 0 Å². The van der Waals surface area contributed by atoms with Crippen molar-refractivity contribution in [2.45, 2.75) is 20.0 Å². The summed E-state index contributed by atoms with van der Waals surface area (Å²) >= 11 is 0. The lowest BCUT2D eigenvalue weighted by Crippen LogP contribution is -2.18. The monoisotopic (exact) mass is 287 g/mol. The van der Waals surface area contributed by atoms with Gasteiger partial charge in [-0.2, -0.15) is 0 Å². The number of halogens is 1. The standard InChI is InChI=1S/C16H18FN3O/c1-11-5-7-12(8-6-11)9-19-10-13-3-2-4-14(15(13)17)16(18)20-21/h2-8,19,21H,9-10H2,1H3,(H2,18,20). The van der Waals surface area contributed by atoms with Crippen molar-refractivity contribution in [3.05, 3.63) is 70.5 Å². The SMILES string of the molecule is Cc1ccc(CNCc2cccc(/C(N)=N/O)c2F)cc1. The van der Waals surface area contributed by atoms with Crippen molar-refractivity contribution in [3.63, 3.8) is 0 Å². The molecule has 4 nitrogen and oxygen atoms in total. The van der Waals surface area contributed by atoms with E-state index >= 15 is 0 Å². The van der Waals surface area contributed by atoms with Crippen molar-refractivity contribution < 1.29 is 9.60 Å². The van der Waals surface area contributed by atoms with E-state index in [9.17, 15) is 4.39 Å². The fourth-order valence-electron chi connectivity index (χ4n) is 2.02. The summed E-state index contributed by atoms with van der Waals surface area (Å²) in [7, 11) is 0. The summed E-state index contributed by atoms with van der Waals surface area (Å²) in [6.07, 6.45) is 0. The molecule has 2 rings (SSSR count). The zero-order valence-corrected chi connectivity index (χ0v) is 11.8. The Morgan fingerprint density at radius 3 is 2.57 bits per heavy atom. The predicted octanol–water partition coefficient (Wildman–Crippen LogP) is 2.52. The van der Waals surface area contributed by atoms with Gasteiger partial charge in [-0.1, -0.05) is 47.1 Å². The normalized spacial score (nSPS) is 11.6. The van der Waals surface area contributed by atoms with Crippen LogP contribution in [0.15, 0.2) is 47.6 Å². The quantitative estimate of drug-likeness (QED) is 0.342. The molecule has 0 amide bonds. The van der Waals surface area contributed by atoms with Gasteiger partial charge in [-0.15, -0.1) is 0 Å². The number of oxime groups is 1. The molecule has 0 heterocycles. The van der Waals surface area contributed by atoms with Gasteiger partial charge in [0.15, 0.2) is 5.84 Å². The fourth-order valence-corrected chi connectivity index (χ4v) is 2.02. The molecule has 0 aliphatic rings. The maximum atomic E-state index is 14.2. The van der Waals surface area contributed by atoms with Gasteiger partial charge in [-0.25, -0.2) is 4.39 Å². The number of rotatable bonds is 5. The number of nitrogens with zero attached hydrogens (tertiary/aromatic N) is 1. The fraction of sp³-hybridized carbons (Fsp3) is 0.188. The molecule has 0 unspecified atom stereocenters. The molecule has 0 atom stereocenters. The summed E-state index contributed by atoms with van der Waals surface area (Å²) < 4.78 is 14.2. The number of hydrogen-bond acceptors (Lipinski definition) is 3. The first-order valence-electron chi connectivity index (χ1n) is 6.63. The van der Waals surface area contributed by atoms with E-state index in [0.717, 1.165) is 5.56 Å². The molecular formula is C16H18FN3O. The largest absolute Gasteiger partial charge is 0.409 e. The molecule has 0 aliphatic heterocycles. The molecule has 21 heavy (non-hydrogen) atoms. The number of nitrogens with one attached hydrogen (secondary N) is 1. The number of nitrogens with two attached hydrogens (primary N) is 1. The van der Waals surface area contributed by atoms with E-state index in [2.05, 4.69) is 10.5 Å². The molecular weight excluding hydrogens is 269 g/mol. The van der Waals surface area contributed by atoms with Crippen LogP contribution in [-0.4, -0.2) is 11.0 Å². The number of aryl methyl sites for hydroxylation is 1. The minimum absolute atomic E-state index is 0.104. The van der Waals surface area contributed by atoms with E-state index in [0.29, 0.717) is 18.7 Å². The zero-order valence-electron chi connectivity index (χ0n) is 11.8. The van der Waals surface area contributed by atoms with Crippen LogP contribution >= 0.6 is 0 Å². The van der Waals surface area contributed by atoms with Crippen LogP contribution in [0, 0.1) is 12.7 Å². The molecule has 0 fully saturated rings. The number of amidine groups is 1. The topological polar surface area (TPSA) is 70.6 Å². The van der Waals surface area contributed by atoms with E-state index in [1.165, 1.54) is 11.6 Å². The van der Waals surface area contributed by atoms with E-state index in [1.54, 1.807) is 12.1 Å². The first-order chi connectivity index (χ1) is 10.1. The van der Waals surface area contributed by atoms with Crippen LogP contribution in [0.2, 0.25) is 0 Å². The Hall–Kier alpha value is -2.40. The van der Waals surface area contributed by atoms with Gasteiger partial charge < -0.3 is 16.3 Å². The second kappa shape index (κ2) is 6.85. The minimum Gasteiger partial charge on any atom is -0.409 e. The average Bonchev–Trinajstić information content (AvgIpc) is 2.50. The third-order valence-corrected chi connectivity index (χ3v) is 3.23. The molecule has 4 N–H and O–H groups in total. The first kappa shape index (κ1) is 15.0. The number of benzene rings is 2. The molecule has 2 aromatic carbocycles. The van der Waals surface area contributed by atoms with Crippen molar-refractivity contribution in [3.8, 4) is 0 Å². The summed E-state index contributed by atoms with van der Waals surface area (Å²) in [6, 6.07) is 13.0. The third kappa shape index (κ3) is 3.79. The van der Waals surface area contributed by atoms with Crippen molar-refractivity contribution in [2.24, 2.45) is 10.9 Å². The molecule has 110 valence electrons. The highest BCUT2D eigenvalue weighted by molar-refractivity contribution is 5.97. The Balaban J connectivity index is 2.02. The Morgan fingerprint density at radius 2 is 1.90 bits per heavy atom. The van der Waals surface area contributed by atoms with E-state index in [1.807, 2.05) is 31.2 Å². The Bertz CT molecular complexity index is 638. The summed E-state index contributed by atoms with van der Waals surface area (Å²) in [4.78, 5) is 0. The van der Waals surface area contributed by atoms with Crippen LogP contribution < -0.4 is 11.1 Å².